The van der Waals surface area contributed by atoms with Crippen molar-refractivity contribution in [3.8, 4) is 0 Å². The molecule has 0 spiro atoms. The Morgan fingerprint density at radius 2 is 1.63 bits per heavy atom. The summed E-state index contributed by atoms with van der Waals surface area (Å²) >= 11 is 0. The monoisotopic (exact) mass is 272 g/mol. The van der Waals surface area contributed by atoms with Gasteiger partial charge in [-0.1, -0.05) is 19.9 Å². The van der Waals surface area contributed by atoms with Crippen LogP contribution in [-0.4, -0.2) is 30.9 Å². The van der Waals surface area contributed by atoms with Gasteiger partial charge in [-0.2, -0.15) is 0 Å². The van der Waals surface area contributed by atoms with Gasteiger partial charge in [-0.3, -0.25) is 0 Å². The molecule has 1 atom stereocenters. The average Bonchev–Trinajstić information content (AvgIpc) is 2.22. The van der Waals surface area contributed by atoms with Crippen LogP contribution in [0.4, 0.5) is 4.79 Å². The summed E-state index contributed by atoms with van der Waals surface area (Å²) in [5, 5.41) is 0. The maximum Gasteiger partial charge on any atom is 0.508 e. The summed E-state index contributed by atoms with van der Waals surface area (Å²) < 4.78 is 14.7. The summed E-state index contributed by atoms with van der Waals surface area (Å²) in [7, 11) is 1.22. The fourth-order valence-electron chi connectivity index (χ4n) is 1.32. The molecule has 0 unspecified atom stereocenters. The minimum atomic E-state index is -0.828. The number of ether oxygens (including phenoxy) is 3. The number of allylic oxidation sites excluding steroid dienone is 1. The summed E-state index contributed by atoms with van der Waals surface area (Å²) in [6, 6.07) is 0. The van der Waals surface area contributed by atoms with E-state index in [0.29, 0.717) is 5.57 Å². The van der Waals surface area contributed by atoms with Crippen LogP contribution in [0.2, 0.25) is 0 Å². The number of hydrogen-bond acceptors (Lipinski definition) is 5. The summed E-state index contributed by atoms with van der Waals surface area (Å²) in [5.41, 5.74) is -0.284. The lowest BCUT2D eigenvalue weighted by Gasteiger charge is -2.23. The molecule has 110 valence electrons. The highest BCUT2D eigenvalue weighted by atomic mass is 16.7. The van der Waals surface area contributed by atoms with Crippen LogP contribution >= 0.6 is 0 Å². The van der Waals surface area contributed by atoms with E-state index >= 15 is 0 Å². The molecule has 0 aromatic carbocycles. The highest BCUT2D eigenvalue weighted by molar-refractivity contribution is 5.90. The molecule has 0 rings (SSSR count). The molecule has 19 heavy (non-hydrogen) atoms. The van der Waals surface area contributed by atoms with Crippen molar-refractivity contribution in [1.82, 2.24) is 0 Å². The van der Waals surface area contributed by atoms with Crippen molar-refractivity contribution >= 4 is 12.1 Å². The summed E-state index contributed by atoms with van der Waals surface area (Å²) in [6.45, 7) is 10.8. The topological polar surface area (TPSA) is 61.8 Å². The zero-order valence-corrected chi connectivity index (χ0v) is 12.8. The van der Waals surface area contributed by atoms with Gasteiger partial charge in [0.25, 0.3) is 0 Å². The van der Waals surface area contributed by atoms with Gasteiger partial charge in [-0.15, -0.1) is 0 Å². The molecular formula is C14H24O5. The Morgan fingerprint density at radius 1 is 1.11 bits per heavy atom. The fraction of sp³-hybridized carbons (Fsp3) is 0.714. The van der Waals surface area contributed by atoms with Gasteiger partial charge in [0.15, 0.2) is 0 Å². The first-order valence-electron chi connectivity index (χ1n) is 6.26. The quantitative estimate of drug-likeness (QED) is 0.581. The number of hydrogen-bond donors (Lipinski definition) is 0. The lowest BCUT2D eigenvalue weighted by Crippen LogP contribution is -2.30. The summed E-state index contributed by atoms with van der Waals surface area (Å²) in [5.74, 6) is -0.358. The normalized spacial score (nSPS) is 14.0. The molecule has 0 fully saturated rings. The molecule has 0 aromatic heterocycles. The number of rotatable bonds is 4. The van der Waals surface area contributed by atoms with Crippen LogP contribution in [0.25, 0.3) is 0 Å². The van der Waals surface area contributed by atoms with E-state index in [9.17, 15) is 9.59 Å². The Labute approximate surface area is 114 Å². The SMILES string of the molecule is COC(=O)O[C@H](C)/C(=C/C(C)C)C(=O)OC(C)(C)C. The van der Waals surface area contributed by atoms with Crippen LogP contribution in [0.5, 0.6) is 0 Å². The number of methoxy groups -OCH3 is 1. The van der Waals surface area contributed by atoms with Crippen molar-refractivity contribution < 1.29 is 23.8 Å². The van der Waals surface area contributed by atoms with E-state index in [-0.39, 0.29) is 5.92 Å². The molecule has 0 saturated heterocycles. The van der Waals surface area contributed by atoms with E-state index in [0.717, 1.165) is 0 Å². The van der Waals surface area contributed by atoms with Gasteiger partial charge in [0.05, 0.1) is 12.7 Å². The average molecular weight is 272 g/mol. The van der Waals surface area contributed by atoms with Crippen LogP contribution in [0.15, 0.2) is 11.6 Å². The molecule has 0 aromatic rings. The second-order valence-corrected chi connectivity index (χ2v) is 5.58. The molecule has 0 heterocycles. The Balaban J connectivity index is 5.02. The minimum Gasteiger partial charge on any atom is -0.457 e. The van der Waals surface area contributed by atoms with Crippen LogP contribution in [0.1, 0.15) is 41.5 Å². The maximum atomic E-state index is 12.1. The third-order valence-electron chi connectivity index (χ3n) is 2.03. The highest BCUT2D eigenvalue weighted by Gasteiger charge is 2.26. The molecule has 0 aliphatic heterocycles. The maximum absolute atomic E-state index is 12.1. The van der Waals surface area contributed by atoms with Gasteiger partial charge in [-0.25, -0.2) is 9.59 Å². The smallest absolute Gasteiger partial charge is 0.457 e. The number of carbonyl (C=O) groups excluding carboxylic acids is 2. The Kier molecular flexibility index (Phi) is 6.59. The molecule has 5 nitrogen and oxygen atoms in total. The van der Waals surface area contributed by atoms with Gasteiger partial charge < -0.3 is 14.2 Å². The van der Waals surface area contributed by atoms with Crippen molar-refractivity contribution in [3.63, 3.8) is 0 Å². The van der Waals surface area contributed by atoms with Crippen LogP contribution in [-0.2, 0) is 19.0 Å². The Morgan fingerprint density at radius 3 is 2.00 bits per heavy atom. The van der Waals surface area contributed by atoms with Crippen LogP contribution < -0.4 is 0 Å². The largest absolute Gasteiger partial charge is 0.508 e. The van der Waals surface area contributed by atoms with Crippen molar-refractivity contribution in [3.05, 3.63) is 11.6 Å². The second kappa shape index (κ2) is 7.16. The van der Waals surface area contributed by atoms with Gasteiger partial charge in [-0.05, 0) is 33.6 Å². The van der Waals surface area contributed by atoms with E-state index in [4.69, 9.17) is 9.47 Å². The van der Waals surface area contributed by atoms with E-state index in [1.165, 1.54) is 7.11 Å². The highest BCUT2D eigenvalue weighted by Crippen LogP contribution is 2.17. The minimum absolute atomic E-state index is 0.131. The molecule has 0 amide bonds. The summed E-state index contributed by atoms with van der Waals surface area (Å²) in [4.78, 5) is 23.2. The van der Waals surface area contributed by atoms with Crippen LogP contribution in [0.3, 0.4) is 0 Å². The van der Waals surface area contributed by atoms with Gasteiger partial charge in [0.2, 0.25) is 0 Å². The molecular weight excluding hydrogens is 248 g/mol. The molecule has 0 aliphatic rings. The van der Waals surface area contributed by atoms with Crippen molar-refractivity contribution in [2.24, 2.45) is 5.92 Å². The van der Waals surface area contributed by atoms with E-state index < -0.39 is 23.8 Å². The molecule has 0 radical (unpaired) electrons. The molecule has 0 saturated carbocycles. The molecule has 0 aliphatic carbocycles. The van der Waals surface area contributed by atoms with Crippen molar-refractivity contribution in [2.75, 3.05) is 7.11 Å². The molecule has 0 bridgehead atoms. The first-order valence-corrected chi connectivity index (χ1v) is 6.26. The molecule has 0 N–H and O–H groups in total. The lowest BCUT2D eigenvalue weighted by molar-refractivity contribution is -0.151. The Bertz CT molecular complexity index is 349. The Hall–Kier alpha value is -1.52. The second-order valence-electron chi connectivity index (χ2n) is 5.58. The third kappa shape index (κ3) is 7.49. The summed E-state index contributed by atoms with van der Waals surface area (Å²) in [6.07, 6.45) is 0.178. The number of esters is 1. The third-order valence-corrected chi connectivity index (χ3v) is 2.03. The van der Waals surface area contributed by atoms with Crippen LogP contribution in [0, 0.1) is 5.92 Å². The van der Waals surface area contributed by atoms with E-state index in [2.05, 4.69) is 4.74 Å². The van der Waals surface area contributed by atoms with E-state index in [1.54, 1.807) is 33.8 Å². The van der Waals surface area contributed by atoms with Gasteiger partial charge in [0, 0.05) is 0 Å². The van der Waals surface area contributed by atoms with E-state index in [1.807, 2.05) is 13.8 Å². The standard InChI is InChI=1S/C14H24O5/c1-9(2)8-11(10(3)18-13(16)17-7)12(15)19-14(4,5)6/h8-10H,1-7H3/b11-8-/t10-/m1/s1. The van der Waals surface area contributed by atoms with Gasteiger partial charge in [0.1, 0.15) is 11.7 Å². The predicted octanol–water partition coefficient (Wildman–Crippen LogP) is 3.08. The van der Waals surface area contributed by atoms with Gasteiger partial charge >= 0.3 is 12.1 Å². The zero-order chi connectivity index (χ0) is 15.2. The first kappa shape index (κ1) is 17.5. The van der Waals surface area contributed by atoms with Crippen molar-refractivity contribution in [2.45, 2.75) is 53.2 Å². The fourth-order valence-corrected chi connectivity index (χ4v) is 1.32. The zero-order valence-electron chi connectivity index (χ0n) is 12.8. The first-order chi connectivity index (χ1) is 8.56. The molecule has 5 heteroatoms. The number of carbonyl (C=O) groups is 2. The van der Waals surface area contributed by atoms with Crippen molar-refractivity contribution in [1.29, 1.82) is 0 Å². The lowest BCUT2D eigenvalue weighted by atomic mass is 10.0. The predicted molar refractivity (Wildman–Crippen MR) is 71.7 cm³/mol.